The molecule has 0 aromatic heterocycles. The molecule has 0 saturated carbocycles. The summed E-state index contributed by atoms with van der Waals surface area (Å²) < 4.78 is 5.72. The molecule has 3 aromatic carbocycles. The zero-order chi connectivity index (χ0) is 21.5. The van der Waals surface area contributed by atoms with Gasteiger partial charge in [0, 0.05) is 11.1 Å². The van der Waals surface area contributed by atoms with Gasteiger partial charge < -0.3 is 15.4 Å². The second-order valence-corrected chi connectivity index (χ2v) is 6.81. The summed E-state index contributed by atoms with van der Waals surface area (Å²) in [5, 5.41) is 14.7. The van der Waals surface area contributed by atoms with Gasteiger partial charge in [-0.1, -0.05) is 24.3 Å². The van der Waals surface area contributed by atoms with Gasteiger partial charge in [0.1, 0.15) is 11.8 Å². The fourth-order valence-corrected chi connectivity index (χ4v) is 2.78. The van der Waals surface area contributed by atoms with Crippen molar-refractivity contribution in [2.45, 2.75) is 20.0 Å². The molecular weight excluding hydrogens is 378 g/mol. The maximum atomic E-state index is 12.6. The van der Waals surface area contributed by atoms with Crippen LogP contribution in [0, 0.1) is 11.3 Å². The second kappa shape index (κ2) is 9.39. The first kappa shape index (κ1) is 20.6. The van der Waals surface area contributed by atoms with Crippen LogP contribution < -0.4 is 15.4 Å². The molecule has 6 nitrogen and oxygen atoms in total. The van der Waals surface area contributed by atoms with Crippen LogP contribution in [0.25, 0.3) is 0 Å². The number of para-hydroxylation sites is 3. The van der Waals surface area contributed by atoms with Crippen molar-refractivity contribution in [2.75, 3.05) is 10.6 Å². The van der Waals surface area contributed by atoms with Crippen molar-refractivity contribution in [3.05, 3.63) is 89.5 Å². The molecular formula is C24H21N3O3. The molecule has 3 rings (SSSR count). The Morgan fingerprint density at radius 1 is 0.800 bits per heavy atom. The molecule has 2 N–H and O–H groups in total. The molecule has 0 aliphatic heterocycles. The third-order valence-electron chi connectivity index (χ3n) is 4.20. The van der Waals surface area contributed by atoms with Gasteiger partial charge in [-0.3, -0.25) is 9.59 Å². The van der Waals surface area contributed by atoms with Gasteiger partial charge in [0.2, 0.25) is 0 Å². The maximum absolute atomic E-state index is 12.6. The number of carbonyl (C=O) groups excluding carboxylic acids is 2. The summed E-state index contributed by atoms with van der Waals surface area (Å²) in [5.74, 6) is -0.0788. The lowest BCUT2D eigenvalue weighted by atomic mass is 10.1. The number of anilines is 2. The largest absolute Gasteiger partial charge is 0.489 e. The summed E-state index contributed by atoms with van der Waals surface area (Å²) in [6, 6.07) is 22.3. The Morgan fingerprint density at radius 3 is 1.87 bits per heavy atom. The SMILES string of the molecule is CC(C)Oc1ccccc1NC(=O)c1ccc(C(=O)Nc2ccccc2C#N)cc1. The standard InChI is InChI=1S/C24H21N3O3/c1-16(2)30-22-10-6-5-9-21(22)27-24(29)18-13-11-17(12-14-18)23(28)26-20-8-4-3-7-19(20)15-25/h3-14,16H,1-2H3,(H,26,28)(H,27,29). The lowest BCUT2D eigenvalue weighted by molar-refractivity contribution is 0.101. The smallest absolute Gasteiger partial charge is 0.255 e. The van der Waals surface area contributed by atoms with E-state index in [0.29, 0.717) is 33.8 Å². The number of nitriles is 1. The molecule has 0 bridgehead atoms. The topological polar surface area (TPSA) is 91.2 Å². The van der Waals surface area contributed by atoms with Gasteiger partial charge in [-0.15, -0.1) is 0 Å². The molecule has 6 heteroatoms. The number of hydrogen-bond donors (Lipinski definition) is 2. The van der Waals surface area contributed by atoms with Crippen LogP contribution >= 0.6 is 0 Å². The highest BCUT2D eigenvalue weighted by atomic mass is 16.5. The summed E-state index contributed by atoms with van der Waals surface area (Å²) in [7, 11) is 0. The summed E-state index contributed by atoms with van der Waals surface area (Å²) in [5.41, 5.74) is 2.18. The van der Waals surface area contributed by atoms with E-state index in [0.717, 1.165) is 0 Å². The van der Waals surface area contributed by atoms with E-state index < -0.39 is 0 Å². The Balaban J connectivity index is 1.71. The first-order valence-electron chi connectivity index (χ1n) is 9.45. The monoisotopic (exact) mass is 399 g/mol. The molecule has 0 fully saturated rings. The summed E-state index contributed by atoms with van der Waals surface area (Å²) in [6.45, 7) is 3.83. The first-order chi connectivity index (χ1) is 14.5. The van der Waals surface area contributed by atoms with Crippen LogP contribution in [0.15, 0.2) is 72.8 Å². The lowest BCUT2D eigenvalue weighted by Gasteiger charge is -2.15. The molecule has 0 aliphatic carbocycles. The lowest BCUT2D eigenvalue weighted by Crippen LogP contribution is -2.16. The van der Waals surface area contributed by atoms with Crippen LogP contribution in [0.1, 0.15) is 40.1 Å². The molecule has 3 aromatic rings. The van der Waals surface area contributed by atoms with Gasteiger partial charge >= 0.3 is 0 Å². The van der Waals surface area contributed by atoms with Crippen LogP contribution in [-0.4, -0.2) is 17.9 Å². The van der Waals surface area contributed by atoms with Crippen LogP contribution in [0.5, 0.6) is 5.75 Å². The molecule has 0 unspecified atom stereocenters. The Kier molecular flexibility index (Phi) is 6.46. The summed E-state index contributed by atoms with van der Waals surface area (Å²) in [6.07, 6.45) is -0.0213. The van der Waals surface area contributed by atoms with Gasteiger partial charge in [0.05, 0.1) is 23.0 Å². The predicted octanol–water partition coefficient (Wildman–Crippen LogP) is 4.85. The van der Waals surface area contributed by atoms with Crippen molar-refractivity contribution >= 4 is 23.2 Å². The average Bonchev–Trinajstić information content (AvgIpc) is 2.75. The number of amides is 2. The molecule has 0 spiro atoms. The second-order valence-electron chi connectivity index (χ2n) is 6.81. The molecule has 2 amide bonds. The first-order valence-corrected chi connectivity index (χ1v) is 9.45. The minimum absolute atomic E-state index is 0.0213. The van der Waals surface area contributed by atoms with E-state index in [4.69, 9.17) is 10.00 Å². The van der Waals surface area contributed by atoms with Crippen molar-refractivity contribution in [2.24, 2.45) is 0 Å². The van der Waals surface area contributed by atoms with Crippen LogP contribution in [0.3, 0.4) is 0 Å². The minimum Gasteiger partial charge on any atom is -0.489 e. The minimum atomic E-state index is -0.361. The molecule has 0 saturated heterocycles. The van der Waals surface area contributed by atoms with Crippen LogP contribution in [-0.2, 0) is 0 Å². The predicted molar refractivity (Wildman–Crippen MR) is 116 cm³/mol. The number of carbonyl (C=O) groups is 2. The quantitative estimate of drug-likeness (QED) is 0.620. The van der Waals surface area contributed by atoms with Gasteiger partial charge in [-0.25, -0.2) is 0 Å². The zero-order valence-electron chi connectivity index (χ0n) is 16.7. The van der Waals surface area contributed by atoms with Gasteiger partial charge in [-0.05, 0) is 62.4 Å². The van der Waals surface area contributed by atoms with Gasteiger partial charge in [0.15, 0.2) is 0 Å². The van der Waals surface area contributed by atoms with Gasteiger partial charge in [-0.2, -0.15) is 5.26 Å². The Morgan fingerprint density at radius 2 is 1.30 bits per heavy atom. The van der Waals surface area contributed by atoms with E-state index in [2.05, 4.69) is 10.6 Å². The third kappa shape index (κ3) is 5.03. The fourth-order valence-electron chi connectivity index (χ4n) is 2.78. The number of ether oxygens (including phenoxy) is 1. The number of nitrogens with one attached hydrogen (secondary N) is 2. The van der Waals surface area contributed by atoms with Crippen molar-refractivity contribution in [1.82, 2.24) is 0 Å². The summed E-state index contributed by atoms with van der Waals surface area (Å²) >= 11 is 0. The van der Waals surface area contributed by atoms with Crippen LogP contribution in [0.2, 0.25) is 0 Å². The Bertz CT molecular complexity index is 1100. The molecule has 30 heavy (non-hydrogen) atoms. The van der Waals surface area contributed by atoms with Gasteiger partial charge in [0.25, 0.3) is 11.8 Å². The van der Waals surface area contributed by atoms with Crippen molar-refractivity contribution in [1.29, 1.82) is 5.26 Å². The van der Waals surface area contributed by atoms with Crippen LogP contribution in [0.4, 0.5) is 11.4 Å². The van der Waals surface area contributed by atoms with Crippen molar-refractivity contribution in [3.8, 4) is 11.8 Å². The van der Waals surface area contributed by atoms with Crippen molar-refractivity contribution in [3.63, 3.8) is 0 Å². The molecule has 0 heterocycles. The third-order valence-corrected chi connectivity index (χ3v) is 4.20. The van der Waals surface area contributed by atoms with Crippen molar-refractivity contribution < 1.29 is 14.3 Å². The highest BCUT2D eigenvalue weighted by Gasteiger charge is 2.13. The van der Waals surface area contributed by atoms with E-state index in [1.165, 1.54) is 0 Å². The Labute approximate surface area is 175 Å². The highest BCUT2D eigenvalue weighted by Crippen LogP contribution is 2.25. The normalized spacial score (nSPS) is 10.2. The van der Waals surface area contributed by atoms with E-state index in [1.54, 1.807) is 60.7 Å². The molecule has 0 atom stereocenters. The maximum Gasteiger partial charge on any atom is 0.255 e. The Hall–Kier alpha value is -4.11. The van der Waals surface area contributed by atoms with E-state index in [9.17, 15) is 9.59 Å². The number of nitrogens with zero attached hydrogens (tertiary/aromatic N) is 1. The molecule has 0 aliphatic rings. The molecule has 0 radical (unpaired) electrons. The highest BCUT2D eigenvalue weighted by molar-refractivity contribution is 6.07. The number of hydrogen-bond acceptors (Lipinski definition) is 4. The number of benzene rings is 3. The zero-order valence-corrected chi connectivity index (χ0v) is 16.7. The summed E-state index contributed by atoms with van der Waals surface area (Å²) in [4.78, 5) is 25.1. The fraction of sp³-hybridized carbons (Fsp3) is 0.125. The number of rotatable bonds is 6. The van der Waals surface area contributed by atoms with E-state index in [1.807, 2.05) is 32.0 Å². The molecule has 150 valence electrons. The van der Waals surface area contributed by atoms with E-state index >= 15 is 0 Å². The average molecular weight is 399 g/mol. The van der Waals surface area contributed by atoms with E-state index in [-0.39, 0.29) is 17.9 Å².